The first kappa shape index (κ1) is 15.6. The van der Waals surface area contributed by atoms with Crippen molar-refractivity contribution in [1.29, 1.82) is 0 Å². The van der Waals surface area contributed by atoms with E-state index in [9.17, 15) is 9.59 Å². The Labute approximate surface area is 146 Å². The van der Waals surface area contributed by atoms with E-state index in [1.54, 1.807) is 6.20 Å². The van der Waals surface area contributed by atoms with Crippen molar-refractivity contribution in [3.8, 4) is 0 Å². The lowest BCUT2D eigenvalue weighted by molar-refractivity contribution is 0.102. The average molecular weight is 332 g/mol. The maximum Gasteiger partial charge on any atom is 0.261 e. The maximum absolute atomic E-state index is 12.9. The molecule has 4 nitrogen and oxygen atoms in total. The zero-order chi connectivity index (χ0) is 17.6. The predicted molar refractivity (Wildman–Crippen MR) is 100 cm³/mol. The summed E-state index contributed by atoms with van der Waals surface area (Å²) in [5.74, 6) is -0.346. The van der Waals surface area contributed by atoms with E-state index in [1.807, 2.05) is 43.3 Å². The van der Waals surface area contributed by atoms with E-state index >= 15 is 0 Å². The van der Waals surface area contributed by atoms with Crippen LogP contribution in [0.3, 0.4) is 0 Å². The lowest BCUT2D eigenvalue weighted by Gasteiger charge is -2.13. The molecular weight excluding hydrogens is 312 g/mol. The van der Waals surface area contributed by atoms with Crippen LogP contribution in [0.4, 0.5) is 5.69 Å². The molecule has 1 N–H and O–H groups in total. The first-order valence-corrected chi connectivity index (χ1v) is 8.66. The van der Waals surface area contributed by atoms with Crippen LogP contribution >= 0.6 is 0 Å². The van der Waals surface area contributed by atoms with Gasteiger partial charge in [0.05, 0.1) is 5.52 Å². The fourth-order valence-electron chi connectivity index (χ4n) is 3.72. The quantitative estimate of drug-likeness (QED) is 0.790. The Balaban J connectivity index is 1.82. The monoisotopic (exact) mass is 332 g/mol. The highest BCUT2D eigenvalue weighted by atomic mass is 16.2. The molecule has 0 fully saturated rings. The molecular formula is C21H20N2O2. The molecule has 4 heteroatoms. The summed E-state index contributed by atoms with van der Waals surface area (Å²) >= 11 is 0. The van der Waals surface area contributed by atoms with Crippen molar-refractivity contribution >= 4 is 22.5 Å². The highest BCUT2D eigenvalue weighted by molar-refractivity contribution is 6.06. The number of nitrogens with zero attached hydrogens (tertiary/aromatic N) is 1. The van der Waals surface area contributed by atoms with E-state index in [-0.39, 0.29) is 22.9 Å². The summed E-state index contributed by atoms with van der Waals surface area (Å²) in [5, 5.41) is 3.54. The molecule has 25 heavy (non-hydrogen) atoms. The third-order valence-corrected chi connectivity index (χ3v) is 5.02. The molecule has 1 aliphatic rings. The lowest BCUT2D eigenvalue weighted by Crippen LogP contribution is -2.24. The molecule has 1 aromatic heterocycles. The van der Waals surface area contributed by atoms with Crippen LogP contribution in [-0.4, -0.2) is 10.5 Å². The minimum atomic E-state index is -0.346. The molecule has 0 saturated carbocycles. The van der Waals surface area contributed by atoms with Crippen molar-refractivity contribution in [2.45, 2.75) is 32.7 Å². The number of pyridine rings is 1. The molecule has 0 radical (unpaired) electrons. The number of rotatable bonds is 3. The third kappa shape index (κ3) is 2.45. The van der Waals surface area contributed by atoms with Gasteiger partial charge in [0.15, 0.2) is 0 Å². The molecule has 0 aliphatic carbocycles. The van der Waals surface area contributed by atoms with E-state index < -0.39 is 0 Å². The van der Waals surface area contributed by atoms with Crippen LogP contribution in [0, 0.1) is 0 Å². The number of aromatic nitrogens is 1. The van der Waals surface area contributed by atoms with Crippen molar-refractivity contribution in [2.75, 3.05) is 5.32 Å². The van der Waals surface area contributed by atoms with Gasteiger partial charge in [-0.15, -0.1) is 0 Å². The number of hydrogen-bond acceptors (Lipinski definition) is 2. The molecule has 1 atom stereocenters. The number of anilines is 1. The molecule has 0 saturated heterocycles. The van der Waals surface area contributed by atoms with Crippen molar-refractivity contribution < 1.29 is 4.79 Å². The Morgan fingerprint density at radius 1 is 1.20 bits per heavy atom. The third-order valence-electron chi connectivity index (χ3n) is 5.02. The van der Waals surface area contributed by atoms with Crippen molar-refractivity contribution in [2.24, 2.45) is 0 Å². The Kier molecular flexibility index (Phi) is 3.68. The van der Waals surface area contributed by atoms with E-state index in [1.165, 1.54) is 5.56 Å². The second kappa shape index (κ2) is 5.88. The predicted octanol–water partition coefficient (Wildman–Crippen LogP) is 3.93. The van der Waals surface area contributed by atoms with Gasteiger partial charge in [-0.3, -0.25) is 9.59 Å². The van der Waals surface area contributed by atoms with Gasteiger partial charge >= 0.3 is 0 Å². The molecule has 1 aliphatic heterocycles. The van der Waals surface area contributed by atoms with Crippen LogP contribution in [0.15, 0.2) is 53.5 Å². The summed E-state index contributed by atoms with van der Waals surface area (Å²) in [6.45, 7) is 4.15. The molecule has 2 heterocycles. The first-order valence-electron chi connectivity index (χ1n) is 8.66. The SMILES string of the molecule is CCc1ccccc1NC(=O)c1cn2c3c(cccc3c1=O)CC2C. The van der Waals surface area contributed by atoms with Crippen LogP contribution < -0.4 is 10.7 Å². The highest BCUT2D eigenvalue weighted by Crippen LogP contribution is 2.31. The number of benzene rings is 2. The van der Waals surface area contributed by atoms with Gasteiger partial charge in [0.25, 0.3) is 5.91 Å². The van der Waals surface area contributed by atoms with Gasteiger partial charge in [-0.05, 0) is 43.0 Å². The smallest absolute Gasteiger partial charge is 0.261 e. The lowest BCUT2D eigenvalue weighted by atomic mass is 10.1. The zero-order valence-electron chi connectivity index (χ0n) is 14.4. The van der Waals surface area contributed by atoms with Gasteiger partial charge in [-0.1, -0.05) is 37.3 Å². The average Bonchev–Trinajstić information content (AvgIpc) is 2.94. The Morgan fingerprint density at radius 2 is 2.00 bits per heavy atom. The van der Waals surface area contributed by atoms with E-state index in [2.05, 4.69) is 22.9 Å². The van der Waals surface area contributed by atoms with Crippen LogP contribution in [-0.2, 0) is 12.8 Å². The summed E-state index contributed by atoms with van der Waals surface area (Å²) in [6, 6.07) is 13.7. The van der Waals surface area contributed by atoms with Gasteiger partial charge in [-0.25, -0.2) is 0 Å². The summed E-state index contributed by atoms with van der Waals surface area (Å²) in [6.07, 6.45) is 3.43. The molecule has 1 unspecified atom stereocenters. The number of carbonyl (C=O) groups is 1. The Bertz CT molecular complexity index is 1050. The van der Waals surface area contributed by atoms with Gasteiger partial charge in [0, 0.05) is 23.3 Å². The van der Waals surface area contributed by atoms with Crippen LogP contribution in [0.1, 0.15) is 41.4 Å². The number of hydrogen-bond donors (Lipinski definition) is 1. The fourth-order valence-corrected chi connectivity index (χ4v) is 3.72. The Hall–Kier alpha value is -2.88. The molecule has 0 bridgehead atoms. The topological polar surface area (TPSA) is 51.1 Å². The molecule has 2 aromatic carbocycles. The summed E-state index contributed by atoms with van der Waals surface area (Å²) in [4.78, 5) is 25.7. The maximum atomic E-state index is 12.9. The number of nitrogens with one attached hydrogen (secondary N) is 1. The van der Waals surface area contributed by atoms with E-state index in [0.717, 1.165) is 29.6 Å². The summed E-state index contributed by atoms with van der Waals surface area (Å²) in [5.41, 5.74) is 3.95. The van der Waals surface area contributed by atoms with Gasteiger partial charge < -0.3 is 9.88 Å². The molecule has 0 spiro atoms. The normalized spacial score (nSPS) is 15.5. The van der Waals surface area contributed by atoms with E-state index in [4.69, 9.17) is 0 Å². The van der Waals surface area contributed by atoms with E-state index in [0.29, 0.717) is 5.39 Å². The number of para-hydroxylation sites is 2. The first-order chi connectivity index (χ1) is 12.1. The van der Waals surface area contributed by atoms with Gasteiger partial charge in [0.1, 0.15) is 5.56 Å². The van der Waals surface area contributed by atoms with Crippen LogP contribution in [0.25, 0.3) is 10.9 Å². The molecule has 126 valence electrons. The largest absolute Gasteiger partial charge is 0.343 e. The number of aryl methyl sites for hydroxylation is 1. The zero-order valence-corrected chi connectivity index (χ0v) is 14.4. The fraction of sp³-hybridized carbons (Fsp3) is 0.238. The van der Waals surface area contributed by atoms with Crippen molar-refractivity contribution in [3.05, 3.63) is 75.6 Å². The van der Waals surface area contributed by atoms with Crippen molar-refractivity contribution in [1.82, 2.24) is 4.57 Å². The van der Waals surface area contributed by atoms with Gasteiger partial charge in [0.2, 0.25) is 5.43 Å². The number of carbonyl (C=O) groups excluding carboxylic acids is 1. The summed E-state index contributed by atoms with van der Waals surface area (Å²) in [7, 11) is 0. The minimum Gasteiger partial charge on any atom is -0.343 e. The van der Waals surface area contributed by atoms with Crippen LogP contribution in [0.5, 0.6) is 0 Å². The molecule has 1 amide bonds. The second-order valence-electron chi connectivity index (χ2n) is 6.61. The molecule has 3 aromatic rings. The minimum absolute atomic E-state index is 0.198. The van der Waals surface area contributed by atoms with Gasteiger partial charge in [-0.2, -0.15) is 0 Å². The molecule has 4 rings (SSSR count). The van der Waals surface area contributed by atoms with Crippen LogP contribution in [0.2, 0.25) is 0 Å². The standard InChI is InChI=1S/C21H20N2O2/c1-3-14-7-4-5-10-18(14)22-21(25)17-12-23-13(2)11-15-8-6-9-16(19(15)23)20(17)24/h4-10,12-13H,3,11H2,1-2H3,(H,22,25). The summed E-state index contributed by atoms with van der Waals surface area (Å²) < 4.78 is 2.06. The van der Waals surface area contributed by atoms with Crippen molar-refractivity contribution in [3.63, 3.8) is 0 Å². The number of amides is 1. The highest BCUT2D eigenvalue weighted by Gasteiger charge is 2.24. The second-order valence-corrected chi connectivity index (χ2v) is 6.61. The Morgan fingerprint density at radius 3 is 2.80 bits per heavy atom.